The largest absolute Gasteiger partial charge is 0.383 e. The number of nitrogens with zero attached hydrogens (tertiary/aromatic N) is 2. The fraction of sp³-hybridized carbons (Fsp3) is 0.625. The van der Waals surface area contributed by atoms with E-state index in [9.17, 15) is 0 Å². The van der Waals surface area contributed by atoms with Gasteiger partial charge in [0.2, 0.25) is 0 Å². The molecule has 1 rings (SSSR count). The number of nitrogen functional groups attached to an aromatic ring is 1. The Morgan fingerprint density at radius 1 is 1.69 bits per heavy atom. The molecule has 5 heteroatoms. The first-order valence-electron chi connectivity index (χ1n) is 3.98. The lowest BCUT2D eigenvalue weighted by molar-refractivity contribution is 0.00593. The van der Waals surface area contributed by atoms with Crippen LogP contribution in [0.1, 0.15) is 13.8 Å². The number of hydrogen-bond donors (Lipinski definition) is 1. The number of nitrogens with two attached hydrogens (primary N) is 1. The maximum absolute atomic E-state index is 5.76. The van der Waals surface area contributed by atoms with Gasteiger partial charge in [0, 0.05) is 7.11 Å². The number of halogens is 1. The Kier molecular flexibility index (Phi) is 2.98. The third-order valence-electron chi connectivity index (χ3n) is 1.92. The average Bonchev–Trinajstić information content (AvgIpc) is 2.36. The van der Waals surface area contributed by atoms with Crippen LogP contribution in [0.2, 0.25) is 0 Å². The lowest BCUT2D eigenvalue weighted by Gasteiger charge is -2.23. The van der Waals surface area contributed by atoms with Crippen molar-refractivity contribution in [2.24, 2.45) is 0 Å². The van der Waals surface area contributed by atoms with E-state index in [0.717, 1.165) is 4.47 Å². The highest BCUT2D eigenvalue weighted by Crippen LogP contribution is 2.20. The molecular weight excluding hydrogens is 234 g/mol. The number of aromatic nitrogens is 2. The molecule has 4 nitrogen and oxygen atoms in total. The molecule has 1 heterocycles. The zero-order chi connectivity index (χ0) is 10.1. The first-order valence-corrected chi connectivity index (χ1v) is 4.77. The van der Waals surface area contributed by atoms with Crippen LogP contribution >= 0.6 is 15.9 Å². The van der Waals surface area contributed by atoms with E-state index in [-0.39, 0.29) is 5.60 Å². The number of methoxy groups -OCH3 is 1. The van der Waals surface area contributed by atoms with Crippen LogP contribution < -0.4 is 5.73 Å². The van der Waals surface area contributed by atoms with Crippen molar-refractivity contribution in [1.29, 1.82) is 0 Å². The summed E-state index contributed by atoms with van der Waals surface area (Å²) in [5.74, 6) is 0.630. The Morgan fingerprint density at radius 3 is 2.69 bits per heavy atom. The predicted molar refractivity (Wildman–Crippen MR) is 55.4 cm³/mol. The second-order valence-corrected chi connectivity index (χ2v) is 4.35. The number of rotatable bonds is 3. The molecule has 0 saturated carbocycles. The Balaban J connectivity index is 2.80. The van der Waals surface area contributed by atoms with Gasteiger partial charge in [0.1, 0.15) is 5.82 Å². The van der Waals surface area contributed by atoms with Crippen molar-refractivity contribution in [3.8, 4) is 0 Å². The molecule has 0 aliphatic heterocycles. The average molecular weight is 248 g/mol. The summed E-state index contributed by atoms with van der Waals surface area (Å²) in [6.45, 7) is 4.62. The number of anilines is 1. The summed E-state index contributed by atoms with van der Waals surface area (Å²) in [6.07, 6.45) is 1.68. The molecule has 0 fully saturated rings. The van der Waals surface area contributed by atoms with E-state index >= 15 is 0 Å². The van der Waals surface area contributed by atoms with Crippen molar-refractivity contribution in [3.63, 3.8) is 0 Å². The van der Waals surface area contributed by atoms with Crippen molar-refractivity contribution in [1.82, 2.24) is 9.78 Å². The minimum atomic E-state index is -0.250. The SMILES string of the molecule is COC(C)(C)Cn1ncc(Br)c1N. The summed E-state index contributed by atoms with van der Waals surface area (Å²) in [4.78, 5) is 0. The fourth-order valence-electron chi connectivity index (χ4n) is 0.923. The highest BCUT2D eigenvalue weighted by Gasteiger charge is 2.19. The molecule has 1 aromatic rings. The molecule has 0 atom stereocenters. The summed E-state index contributed by atoms with van der Waals surface area (Å²) in [5.41, 5.74) is 5.51. The van der Waals surface area contributed by atoms with E-state index in [1.54, 1.807) is 18.0 Å². The van der Waals surface area contributed by atoms with Gasteiger partial charge in [-0.05, 0) is 29.8 Å². The molecule has 0 unspecified atom stereocenters. The summed E-state index contributed by atoms with van der Waals surface area (Å²) in [6, 6.07) is 0. The Labute approximate surface area is 86.2 Å². The maximum atomic E-state index is 5.76. The summed E-state index contributed by atoms with van der Waals surface area (Å²) in [5, 5.41) is 4.11. The lowest BCUT2D eigenvalue weighted by atomic mass is 10.1. The van der Waals surface area contributed by atoms with Crippen LogP contribution in [0.15, 0.2) is 10.7 Å². The molecule has 74 valence electrons. The topological polar surface area (TPSA) is 53.1 Å². The van der Waals surface area contributed by atoms with Crippen LogP contribution in [0.5, 0.6) is 0 Å². The van der Waals surface area contributed by atoms with E-state index in [4.69, 9.17) is 10.5 Å². The van der Waals surface area contributed by atoms with Gasteiger partial charge in [0.25, 0.3) is 0 Å². The Hall–Kier alpha value is -0.550. The van der Waals surface area contributed by atoms with Crippen molar-refractivity contribution in [3.05, 3.63) is 10.7 Å². The van der Waals surface area contributed by atoms with Crippen molar-refractivity contribution in [2.75, 3.05) is 12.8 Å². The van der Waals surface area contributed by atoms with Gasteiger partial charge in [-0.2, -0.15) is 5.10 Å². The van der Waals surface area contributed by atoms with Crippen LogP contribution in [-0.4, -0.2) is 22.5 Å². The van der Waals surface area contributed by atoms with E-state index in [0.29, 0.717) is 12.4 Å². The zero-order valence-corrected chi connectivity index (χ0v) is 9.63. The quantitative estimate of drug-likeness (QED) is 0.884. The second-order valence-electron chi connectivity index (χ2n) is 3.50. The molecule has 0 bridgehead atoms. The Bertz CT molecular complexity index is 296. The molecule has 0 aliphatic rings. The molecule has 0 aliphatic carbocycles. The van der Waals surface area contributed by atoms with Crippen molar-refractivity contribution >= 4 is 21.7 Å². The van der Waals surface area contributed by atoms with E-state index < -0.39 is 0 Å². The van der Waals surface area contributed by atoms with Crippen LogP contribution in [0.4, 0.5) is 5.82 Å². The Morgan fingerprint density at radius 2 is 2.31 bits per heavy atom. The minimum absolute atomic E-state index is 0.250. The van der Waals surface area contributed by atoms with Crippen molar-refractivity contribution < 1.29 is 4.74 Å². The zero-order valence-electron chi connectivity index (χ0n) is 8.04. The molecule has 13 heavy (non-hydrogen) atoms. The minimum Gasteiger partial charge on any atom is -0.383 e. The molecule has 1 aromatic heterocycles. The third kappa shape index (κ3) is 2.45. The second kappa shape index (κ2) is 3.67. The number of ether oxygens (including phenoxy) is 1. The van der Waals surface area contributed by atoms with Gasteiger partial charge in [0.15, 0.2) is 0 Å². The summed E-state index contributed by atoms with van der Waals surface area (Å²) in [7, 11) is 1.68. The van der Waals surface area contributed by atoms with E-state index in [1.165, 1.54) is 0 Å². The highest BCUT2D eigenvalue weighted by molar-refractivity contribution is 9.10. The van der Waals surface area contributed by atoms with Gasteiger partial charge < -0.3 is 10.5 Å². The first kappa shape index (κ1) is 10.5. The van der Waals surface area contributed by atoms with Gasteiger partial charge in [-0.25, -0.2) is 4.68 Å². The van der Waals surface area contributed by atoms with E-state index in [1.807, 2.05) is 13.8 Å². The monoisotopic (exact) mass is 247 g/mol. The van der Waals surface area contributed by atoms with Crippen molar-refractivity contribution in [2.45, 2.75) is 26.0 Å². The molecule has 0 aromatic carbocycles. The molecule has 0 amide bonds. The summed E-state index contributed by atoms with van der Waals surface area (Å²) < 4.78 is 7.81. The maximum Gasteiger partial charge on any atom is 0.136 e. The lowest BCUT2D eigenvalue weighted by Crippen LogP contribution is -2.30. The highest BCUT2D eigenvalue weighted by atomic mass is 79.9. The third-order valence-corrected chi connectivity index (χ3v) is 2.53. The van der Waals surface area contributed by atoms with Crippen LogP contribution in [-0.2, 0) is 11.3 Å². The molecular formula is C8H14BrN3O. The van der Waals surface area contributed by atoms with Crippen LogP contribution in [0, 0.1) is 0 Å². The molecule has 0 radical (unpaired) electrons. The van der Waals surface area contributed by atoms with Gasteiger partial charge in [-0.15, -0.1) is 0 Å². The predicted octanol–water partition coefficient (Wildman–Crippen LogP) is 1.65. The molecule has 0 saturated heterocycles. The van der Waals surface area contributed by atoms with E-state index in [2.05, 4.69) is 21.0 Å². The van der Waals surface area contributed by atoms with Gasteiger partial charge in [-0.1, -0.05) is 0 Å². The van der Waals surface area contributed by atoms with Gasteiger partial charge in [-0.3, -0.25) is 0 Å². The smallest absolute Gasteiger partial charge is 0.136 e. The van der Waals surface area contributed by atoms with Crippen LogP contribution in [0.25, 0.3) is 0 Å². The number of hydrogen-bond acceptors (Lipinski definition) is 3. The molecule has 2 N–H and O–H groups in total. The van der Waals surface area contributed by atoms with Gasteiger partial charge in [0.05, 0.1) is 22.8 Å². The standard InChI is InChI=1S/C8H14BrN3O/c1-8(2,13-3)5-12-7(10)6(9)4-11-12/h4H,5,10H2,1-3H3. The van der Waals surface area contributed by atoms with Crippen LogP contribution in [0.3, 0.4) is 0 Å². The normalized spacial score (nSPS) is 12.0. The first-order chi connectivity index (χ1) is 5.96. The fourth-order valence-corrected chi connectivity index (χ4v) is 1.22. The molecule has 0 spiro atoms. The van der Waals surface area contributed by atoms with Gasteiger partial charge >= 0.3 is 0 Å². The summed E-state index contributed by atoms with van der Waals surface area (Å²) >= 11 is 3.30.